The number of hydrogen-bond donors (Lipinski definition) is 0. The van der Waals surface area contributed by atoms with Gasteiger partial charge in [0.2, 0.25) is 0 Å². The zero-order chi connectivity index (χ0) is 14.0. The van der Waals surface area contributed by atoms with Gasteiger partial charge in [0, 0.05) is 6.42 Å². The van der Waals surface area contributed by atoms with Crippen LogP contribution in [0.15, 0.2) is 78.4 Å². The first-order chi connectivity index (χ1) is 9.73. The number of para-hydroxylation sites is 1. The van der Waals surface area contributed by atoms with E-state index in [4.69, 9.17) is 5.10 Å². The van der Waals surface area contributed by atoms with Crippen LogP contribution >= 0.6 is 0 Å². The van der Waals surface area contributed by atoms with Gasteiger partial charge in [-0.3, -0.25) is 5.01 Å². The molecule has 0 saturated heterocycles. The minimum absolute atomic E-state index is 0.174. The van der Waals surface area contributed by atoms with Crippen LogP contribution < -0.4 is 5.01 Å². The Hall–Kier alpha value is -2.35. The van der Waals surface area contributed by atoms with Gasteiger partial charge >= 0.3 is 0 Å². The summed E-state index contributed by atoms with van der Waals surface area (Å²) in [6.45, 7) is 6.18. The van der Waals surface area contributed by atoms with Crippen molar-refractivity contribution in [3.05, 3.63) is 78.9 Å². The number of hydrogen-bond acceptors (Lipinski definition) is 2. The molecule has 2 aromatic carbocycles. The van der Waals surface area contributed by atoms with Gasteiger partial charge in [-0.05, 0) is 24.6 Å². The molecule has 0 amide bonds. The Bertz CT molecular complexity index is 631. The second-order valence-electron chi connectivity index (χ2n) is 5.30. The van der Waals surface area contributed by atoms with Crippen LogP contribution in [0.5, 0.6) is 0 Å². The predicted octanol–water partition coefficient (Wildman–Crippen LogP) is 4.25. The Morgan fingerprint density at radius 2 is 1.65 bits per heavy atom. The van der Waals surface area contributed by atoms with E-state index in [1.54, 1.807) is 0 Å². The minimum atomic E-state index is -0.174. The highest BCUT2D eigenvalue weighted by molar-refractivity contribution is 6.04. The molecule has 1 aliphatic rings. The molecule has 1 atom stereocenters. The molecule has 2 heteroatoms. The second kappa shape index (κ2) is 4.97. The highest BCUT2D eigenvalue weighted by Crippen LogP contribution is 2.35. The third-order valence-corrected chi connectivity index (χ3v) is 3.78. The molecule has 3 rings (SSSR count). The summed E-state index contributed by atoms with van der Waals surface area (Å²) in [7, 11) is 0. The van der Waals surface area contributed by atoms with Crippen LogP contribution in [-0.4, -0.2) is 11.3 Å². The number of nitrogens with zero attached hydrogens (tertiary/aromatic N) is 2. The van der Waals surface area contributed by atoms with Crippen molar-refractivity contribution in [2.24, 2.45) is 5.10 Å². The second-order valence-corrected chi connectivity index (χ2v) is 5.30. The molecule has 0 bridgehead atoms. The molecule has 1 heterocycles. The topological polar surface area (TPSA) is 15.6 Å². The minimum Gasteiger partial charge on any atom is -0.255 e. The highest BCUT2D eigenvalue weighted by Gasteiger charge is 2.36. The summed E-state index contributed by atoms with van der Waals surface area (Å²) >= 11 is 0. The van der Waals surface area contributed by atoms with Crippen LogP contribution in [0.1, 0.15) is 18.9 Å². The largest absolute Gasteiger partial charge is 0.255 e. The van der Waals surface area contributed by atoms with E-state index in [0.717, 1.165) is 17.8 Å². The maximum Gasteiger partial charge on any atom is 0.0839 e. The lowest BCUT2D eigenvalue weighted by molar-refractivity contribution is 0.579. The number of anilines is 1. The van der Waals surface area contributed by atoms with E-state index in [1.807, 2.05) is 42.5 Å². The first-order valence-electron chi connectivity index (χ1n) is 6.85. The summed E-state index contributed by atoms with van der Waals surface area (Å²) in [5.41, 5.74) is 3.21. The van der Waals surface area contributed by atoms with Crippen molar-refractivity contribution in [3.63, 3.8) is 0 Å². The Balaban J connectivity index is 2.03. The van der Waals surface area contributed by atoms with Gasteiger partial charge in [-0.1, -0.05) is 54.6 Å². The van der Waals surface area contributed by atoms with Crippen molar-refractivity contribution < 1.29 is 0 Å². The molecule has 0 saturated carbocycles. The fourth-order valence-corrected chi connectivity index (χ4v) is 2.56. The van der Waals surface area contributed by atoms with Crippen molar-refractivity contribution in [1.82, 2.24) is 0 Å². The van der Waals surface area contributed by atoms with Crippen LogP contribution in [0.4, 0.5) is 5.69 Å². The normalized spacial score (nSPS) is 21.6. The maximum atomic E-state index is 4.83. The molecule has 0 spiro atoms. The molecule has 2 nitrogen and oxygen atoms in total. The summed E-state index contributed by atoms with van der Waals surface area (Å²) in [5.74, 6) is 0. The van der Waals surface area contributed by atoms with Crippen molar-refractivity contribution >= 4 is 11.4 Å². The van der Waals surface area contributed by atoms with Crippen LogP contribution in [0, 0.1) is 0 Å². The lowest BCUT2D eigenvalue weighted by Crippen LogP contribution is -2.37. The molecule has 0 radical (unpaired) electrons. The van der Waals surface area contributed by atoms with Gasteiger partial charge in [0.15, 0.2) is 0 Å². The highest BCUT2D eigenvalue weighted by atomic mass is 15.5. The van der Waals surface area contributed by atoms with Crippen molar-refractivity contribution in [2.45, 2.75) is 18.9 Å². The predicted molar refractivity (Wildman–Crippen MR) is 85.1 cm³/mol. The van der Waals surface area contributed by atoms with Crippen LogP contribution in [0.2, 0.25) is 0 Å². The monoisotopic (exact) mass is 262 g/mol. The molecule has 0 aromatic heterocycles. The SMILES string of the molecule is C=CC1(C)CC(c2ccccc2)=NN1c1ccccc1. The zero-order valence-corrected chi connectivity index (χ0v) is 11.7. The quantitative estimate of drug-likeness (QED) is 0.755. The van der Waals surface area contributed by atoms with Gasteiger partial charge in [-0.15, -0.1) is 6.58 Å². The molecule has 0 fully saturated rings. The standard InChI is InChI=1S/C18H18N2/c1-3-18(2)14-17(15-10-6-4-7-11-15)19-20(18)16-12-8-5-9-13-16/h3-13H,1,14H2,2H3. The lowest BCUT2D eigenvalue weighted by Gasteiger charge is -2.31. The average molecular weight is 262 g/mol. The molecule has 0 N–H and O–H groups in total. The lowest BCUT2D eigenvalue weighted by atomic mass is 9.93. The average Bonchev–Trinajstić information content (AvgIpc) is 2.88. The van der Waals surface area contributed by atoms with Crippen molar-refractivity contribution in [2.75, 3.05) is 5.01 Å². The van der Waals surface area contributed by atoms with Crippen molar-refractivity contribution in [1.29, 1.82) is 0 Å². The van der Waals surface area contributed by atoms with Gasteiger partial charge in [0.1, 0.15) is 0 Å². The molecule has 0 aliphatic carbocycles. The van der Waals surface area contributed by atoms with Crippen LogP contribution in [0.3, 0.4) is 0 Å². The molecule has 20 heavy (non-hydrogen) atoms. The van der Waals surface area contributed by atoms with Crippen LogP contribution in [-0.2, 0) is 0 Å². The summed E-state index contributed by atoms with van der Waals surface area (Å²) in [6.07, 6.45) is 2.86. The fraction of sp³-hybridized carbons (Fsp3) is 0.167. The molecule has 1 aliphatic heterocycles. The van der Waals surface area contributed by atoms with E-state index >= 15 is 0 Å². The summed E-state index contributed by atoms with van der Waals surface area (Å²) in [4.78, 5) is 0. The Kier molecular flexibility index (Phi) is 3.15. The fourth-order valence-electron chi connectivity index (χ4n) is 2.56. The summed E-state index contributed by atoms with van der Waals surface area (Å²) < 4.78 is 0. The first-order valence-corrected chi connectivity index (χ1v) is 6.85. The number of benzene rings is 2. The summed E-state index contributed by atoms with van der Waals surface area (Å²) in [6, 6.07) is 20.6. The van der Waals surface area contributed by atoms with Crippen LogP contribution in [0.25, 0.3) is 0 Å². The molecule has 1 unspecified atom stereocenters. The third kappa shape index (κ3) is 2.14. The van der Waals surface area contributed by atoms with Crippen molar-refractivity contribution in [3.8, 4) is 0 Å². The van der Waals surface area contributed by atoms with Gasteiger partial charge in [-0.25, -0.2) is 0 Å². The number of rotatable bonds is 3. The van der Waals surface area contributed by atoms with E-state index in [-0.39, 0.29) is 5.54 Å². The smallest absolute Gasteiger partial charge is 0.0839 e. The van der Waals surface area contributed by atoms with Gasteiger partial charge in [-0.2, -0.15) is 5.10 Å². The van der Waals surface area contributed by atoms with Gasteiger partial charge in [0.25, 0.3) is 0 Å². The summed E-state index contributed by atoms with van der Waals surface area (Å²) in [5, 5.41) is 6.90. The van der Waals surface area contributed by atoms with E-state index in [1.165, 1.54) is 5.56 Å². The maximum absolute atomic E-state index is 4.83. The number of hydrazone groups is 1. The molecule has 100 valence electrons. The van der Waals surface area contributed by atoms with E-state index in [0.29, 0.717) is 0 Å². The Labute approximate surface area is 120 Å². The van der Waals surface area contributed by atoms with E-state index in [2.05, 4.69) is 42.8 Å². The van der Waals surface area contributed by atoms with Gasteiger partial charge < -0.3 is 0 Å². The third-order valence-electron chi connectivity index (χ3n) is 3.78. The van der Waals surface area contributed by atoms with E-state index in [9.17, 15) is 0 Å². The first kappa shape index (κ1) is 12.7. The van der Waals surface area contributed by atoms with Gasteiger partial charge in [0.05, 0.1) is 16.9 Å². The van der Waals surface area contributed by atoms with E-state index < -0.39 is 0 Å². The zero-order valence-electron chi connectivity index (χ0n) is 11.7. The Morgan fingerprint density at radius 1 is 1.05 bits per heavy atom. The molecule has 2 aromatic rings. The molecular formula is C18H18N2. The Morgan fingerprint density at radius 3 is 2.25 bits per heavy atom. The molecular weight excluding hydrogens is 244 g/mol.